The molecular weight excluding hydrogens is 268 g/mol. The summed E-state index contributed by atoms with van der Waals surface area (Å²) in [6.45, 7) is 1.83. The quantitative estimate of drug-likeness (QED) is 0.624. The first kappa shape index (κ1) is 15.0. The van der Waals surface area contributed by atoms with E-state index >= 15 is 0 Å². The van der Waals surface area contributed by atoms with Crippen molar-refractivity contribution in [3.05, 3.63) is 27.9 Å². The molecule has 102 valence electrons. The van der Waals surface area contributed by atoms with Crippen molar-refractivity contribution in [1.29, 1.82) is 5.26 Å². The van der Waals surface area contributed by atoms with Gasteiger partial charge in [-0.3, -0.25) is 14.3 Å². The van der Waals surface area contributed by atoms with Gasteiger partial charge in [0.15, 0.2) is 0 Å². The minimum atomic E-state index is -0.901. The van der Waals surface area contributed by atoms with Gasteiger partial charge in [0, 0.05) is 41.1 Å². The van der Waals surface area contributed by atoms with Crippen LogP contribution in [0.2, 0.25) is 0 Å². The molecule has 2 atom stereocenters. The fourth-order valence-electron chi connectivity index (χ4n) is 1.41. The molecule has 1 aromatic rings. The highest BCUT2D eigenvalue weighted by Gasteiger charge is 2.18. The molecule has 7 nitrogen and oxygen atoms in total. The van der Waals surface area contributed by atoms with Crippen molar-refractivity contribution in [3.63, 3.8) is 0 Å². The van der Waals surface area contributed by atoms with Gasteiger partial charge in [0.1, 0.15) is 6.07 Å². The summed E-state index contributed by atoms with van der Waals surface area (Å²) in [5.74, 6) is 0.636. The Morgan fingerprint density at radius 3 is 2.89 bits per heavy atom. The molecule has 0 spiro atoms. The molecule has 1 N–H and O–H groups in total. The second-order valence-electron chi connectivity index (χ2n) is 4.07. The molecule has 1 heterocycles. The molecule has 1 rings (SSSR count). The number of aromatic nitrogens is 1. The number of hydrogen-bond acceptors (Lipinski definition) is 6. The van der Waals surface area contributed by atoms with Crippen LogP contribution in [0.25, 0.3) is 0 Å². The van der Waals surface area contributed by atoms with Crippen molar-refractivity contribution in [2.24, 2.45) is 0 Å². The summed E-state index contributed by atoms with van der Waals surface area (Å²) in [4.78, 5) is 14.2. The molecule has 19 heavy (non-hydrogen) atoms. The van der Waals surface area contributed by atoms with E-state index in [4.69, 9.17) is 5.26 Å². The highest BCUT2D eigenvalue weighted by Crippen LogP contribution is 2.23. The van der Waals surface area contributed by atoms with Crippen molar-refractivity contribution in [1.82, 2.24) is 4.98 Å². The van der Waals surface area contributed by atoms with Crippen LogP contribution in [0.4, 0.5) is 11.5 Å². The Morgan fingerprint density at radius 1 is 1.68 bits per heavy atom. The predicted octanol–water partition coefficient (Wildman–Crippen LogP) is 1.43. The summed E-state index contributed by atoms with van der Waals surface area (Å²) in [5.41, 5.74) is -0.0944. The molecule has 2 unspecified atom stereocenters. The van der Waals surface area contributed by atoms with Gasteiger partial charge in [0.25, 0.3) is 0 Å². The van der Waals surface area contributed by atoms with Gasteiger partial charge >= 0.3 is 5.69 Å². The number of hydrogen-bond donors (Lipinski definition) is 1. The first-order chi connectivity index (χ1) is 8.93. The lowest BCUT2D eigenvalue weighted by Gasteiger charge is -2.13. The average Bonchev–Trinajstić information content (AvgIpc) is 2.36. The third-order valence-corrected chi connectivity index (χ3v) is 3.23. The van der Waals surface area contributed by atoms with E-state index in [1.54, 1.807) is 6.26 Å². The van der Waals surface area contributed by atoms with Crippen molar-refractivity contribution in [2.75, 3.05) is 17.3 Å². The SMILES string of the molecule is CC(CCS(C)=O)Nc1ncc(C#N)cc1[N+](=O)[O-]. The molecule has 0 saturated carbocycles. The first-order valence-electron chi connectivity index (χ1n) is 5.55. The van der Waals surface area contributed by atoms with E-state index in [9.17, 15) is 14.3 Å². The van der Waals surface area contributed by atoms with Crippen LogP contribution >= 0.6 is 0 Å². The Hall–Kier alpha value is -2.01. The maximum absolute atomic E-state index is 11.0. The predicted molar refractivity (Wildman–Crippen MR) is 72.2 cm³/mol. The summed E-state index contributed by atoms with van der Waals surface area (Å²) >= 11 is 0. The average molecular weight is 282 g/mol. The Balaban J connectivity index is 2.86. The molecule has 0 bridgehead atoms. The van der Waals surface area contributed by atoms with Gasteiger partial charge in [0.05, 0.1) is 10.5 Å². The summed E-state index contributed by atoms with van der Waals surface area (Å²) in [6, 6.07) is 2.89. The molecule has 1 aromatic heterocycles. The van der Waals surface area contributed by atoms with Crippen LogP contribution in [0, 0.1) is 21.4 Å². The zero-order valence-corrected chi connectivity index (χ0v) is 11.4. The lowest BCUT2D eigenvalue weighted by Crippen LogP contribution is -2.19. The van der Waals surface area contributed by atoms with Crippen LogP contribution in [-0.2, 0) is 10.8 Å². The lowest BCUT2D eigenvalue weighted by atomic mass is 10.2. The molecule has 0 aromatic carbocycles. The van der Waals surface area contributed by atoms with Crippen molar-refractivity contribution >= 4 is 22.3 Å². The fourth-order valence-corrected chi connectivity index (χ4v) is 2.10. The largest absolute Gasteiger partial charge is 0.362 e. The fraction of sp³-hybridized carbons (Fsp3) is 0.455. The third kappa shape index (κ3) is 4.63. The van der Waals surface area contributed by atoms with E-state index in [1.165, 1.54) is 12.3 Å². The molecule has 0 aliphatic carbocycles. The summed E-state index contributed by atoms with van der Waals surface area (Å²) < 4.78 is 11.0. The van der Waals surface area contributed by atoms with Gasteiger partial charge < -0.3 is 5.32 Å². The van der Waals surface area contributed by atoms with E-state index in [-0.39, 0.29) is 23.1 Å². The highest BCUT2D eigenvalue weighted by atomic mass is 32.2. The monoisotopic (exact) mass is 282 g/mol. The Bertz CT molecular complexity index is 541. The van der Waals surface area contributed by atoms with E-state index in [2.05, 4.69) is 10.3 Å². The van der Waals surface area contributed by atoms with Crippen LogP contribution in [-0.4, -0.2) is 32.2 Å². The number of nitrogens with one attached hydrogen (secondary N) is 1. The molecule has 0 aliphatic heterocycles. The molecule has 0 aliphatic rings. The molecule has 0 amide bonds. The van der Waals surface area contributed by atoms with E-state index in [0.717, 1.165) is 0 Å². The van der Waals surface area contributed by atoms with Crippen LogP contribution in [0.3, 0.4) is 0 Å². The van der Waals surface area contributed by atoms with Crippen LogP contribution in [0.15, 0.2) is 12.3 Å². The zero-order chi connectivity index (χ0) is 14.4. The van der Waals surface area contributed by atoms with Gasteiger partial charge in [-0.25, -0.2) is 4.98 Å². The normalized spacial score (nSPS) is 13.3. The zero-order valence-electron chi connectivity index (χ0n) is 10.6. The van der Waals surface area contributed by atoms with Crippen molar-refractivity contribution < 1.29 is 9.13 Å². The van der Waals surface area contributed by atoms with E-state index < -0.39 is 15.7 Å². The second-order valence-corrected chi connectivity index (χ2v) is 5.63. The summed E-state index contributed by atoms with van der Waals surface area (Å²) in [5, 5.41) is 22.5. The number of nitro groups is 1. The van der Waals surface area contributed by atoms with Gasteiger partial charge in [-0.2, -0.15) is 5.26 Å². The Labute approximate surface area is 113 Å². The summed E-state index contributed by atoms with van der Waals surface area (Å²) in [7, 11) is -0.901. The standard InChI is InChI=1S/C11H14N4O3S/c1-8(3-4-19(2)18)14-11-10(15(16)17)5-9(6-12)7-13-11/h5,7-8H,3-4H2,1-2H3,(H,13,14). The van der Waals surface area contributed by atoms with Crippen LogP contribution in [0.1, 0.15) is 18.9 Å². The van der Waals surface area contributed by atoms with Crippen LogP contribution < -0.4 is 5.32 Å². The highest BCUT2D eigenvalue weighted by molar-refractivity contribution is 7.84. The molecule has 0 saturated heterocycles. The number of anilines is 1. The number of rotatable bonds is 6. The third-order valence-electron chi connectivity index (χ3n) is 2.41. The Morgan fingerprint density at radius 2 is 2.37 bits per heavy atom. The maximum Gasteiger partial charge on any atom is 0.312 e. The molecule has 0 radical (unpaired) electrons. The Kier molecular flexibility index (Phi) is 5.38. The van der Waals surface area contributed by atoms with E-state index in [1.807, 2.05) is 13.0 Å². The smallest absolute Gasteiger partial charge is 0.312 e. The first-order valence-corrected chi connectivity index (χ1v) is 7.28. The number of pyridine rings is 1. The number of nitriles is 1. The second kappa shape index (κ2) is 6.80. The van der Waals surface area contributed by atoms with Crippen molar-refractivity contribution in [2.45, 2.75) is 19.4 Å². The van der Waals surface area contributed by atoms with Gasteiger partial charge in [0.2, 0.25) is 5.82 Å². The number of nitrogens with zero attached hydrogens (tertiary/aromatic N) is 3. The van der Waals surface area contributed by atoms with Gasteiger partial charge in [-0.05, 0) is 13.3 Å². The van der Waals surface area contributed by atoms with Crippen LogP contribution in [0.5, 0.6) is 0 Å². The van der Waals surface area contributed by atoms with Gasteiger partial charge in [-0.1, -0.05) is 0 Å². The topological polar surface area (TPSA) is 109 Å². The van der Waals surface area contributed by atoms with E-state index in [0.29, 0.717) is 12.2 Å². The maximum atomic E-state index is 11.0. The molecule has 0 fully saturated rings. The molecule has 8 heteroatoms. The van der Waals surface area contributed by atoms with Gasteiger partial charge in [-0.15, -0.1) is 0 Å². The minimum absolute atomic E-state index is 0.0944. The summed E-state index contributed by atoms with van der Waals surface area (Å²) in [6.07, 6.45) is 3.50. The lowest BCUT2D eigenvalue weighted by molar-refractivity contribution is -0.384. The van der Waals surface area contributed by atoms with Crippen molar-refractivity contribution in [3.8, 4) is 6.07 Å². The molecular formula is C11H14N4O3S. The minimum Gasteiger partial charge on any atom is -0.362 e.